The number of aromatic nitrogens is 2. The summed E-state index contributed by atoms with van der Waals surface area (Å²) in [5.74, 6) is -0.891. The number of hydrogen-bond acceptors (Lipinski definition) is 8. The van der Waals surface area contributed by atoms with Crippen LogP contribution in [0.1, 0.15) is 33.4 Å². The Morgan fingerprint density at radius 2 is 1.64 bits per heavy atom. The summed E-state index contributed by atoms with van der Waals surface area (Å²) in [6.07, 6.45) is -0.609. The lowest BCUT2D eigenvalue weighted by molar-refractivity contribution is -0.0582. The van der Waals surface area contributed by atoms with E-state index < -0.39 is 36.1 Å². The van der Waals surface area contributed by atoms with Gasteiger partial charge in [-0.3, -0.25) is 4.57 Å². The number of carbonyl (C=O) groups excluding carboxylic acids is 2. The minimum Gasteiger partial charge on any atom is -0.481 e. The van der Waals surface area contributed by atoms with Gasteiger partial charge in [-0.05, 0) is 24.3 Å². The quantitative estimate of drug-likeness (QED) is 0.506. The highest BCUT2D eigenvalue weighted by Crippen LogP contribution is 2.31. The summed E-state index contributed by atoms with van der Waals surface area (Å²) < 4.78 is 23.3. The maximum atomic E-state index is 12.6. The van der Waals surface area contributed by atoms with Crippen LogP contribution in [0.15, 0.2) is 77.7 Å². The maximum Gasteiger partial charge on any atom is 0.352 e. The number of nitrogens with zero attached hydrogens (tertiary/aromatic N) is 2. The highest BCUT2D eigenvalue weighted by molar-refractivity contribution is 5.90. The largest absolute Gasteiger partial charge is 0.481 e. The van der Waals surface area contributed by atoms with Crippen molar-refractivity contribution in [3.8, 4) is 5.88 Å². The normalized spacial score (nSPS) is 19.6. The van der Waals surface area contributed by atoms with E-state index in [-0.39, 0.29) is 18.9 Å². The first-order valence-electron chi connectivity index (χ1n) is 10.3. The van der Waals surface area contributed by atoms with E-state index in [4.69, 9.17) is 18.9 Å². The third-order valence-corrected chi connectivity index (χ3v) is 5.16. The number of rotatable bonds is 7. The second-order valence-electron chi connectivity index (χ2n) is 7.30. The molecule has 0 radical (unpaired) electrons. The number of methoxy groups -OCH3 is 1. The molecule has 9 heteroatoms. The van der Waals surface area contributed by atoms with Crippen molar-refractivity contribution >= 4 is 11.9 Å². The van der Waals surface area contributed by atoms with Crippen LogP contribution >= 0.6 is 0 Å². The monoisotopic (exact) mass is 450 g/mol. The molecule has 2 aromatic carbocycles. The van der Waals surface area contributed by atoms with Gasteiger partial charge in [0.2, 0.25) is 5.88 Å². The molecule has 9 nitrogen and oxygen atoms in total. The summed E-state index contributed by atoms with van der Waals surface area (Å²) >= 11 is 0. The van der Waals surface area contributed by atoms with Gasteiger partial charge in [0, 0.05) is 18.7 Å². The molecule has 1 aliphatic rings. The Labute approximate surface area is 189 Å². The molecule has 2 heterocycles. The molecule has 4 rings (SSSR count). The van der Waals surface area contributed by atoms with E-state index in [9.17, 15) is 14.4 Å². The van der Waals surface area contributed by atoms with Gasteiger partial charge in [-0.1, -0.05) is 36.4 Å². The molecular weight excluding hydrogens is 428 g/mol. The summed E-state index contributed by atoms with van der Waals surface area (Å²) in [5.41, 5.74) is 0.194. The zero-order valence-electron chi connectivity index (χ0n) is 17.8. The minimum absolute atomic E-state index is 0.157. The molecule has 33 heavy (non-hydrogen) atoms. The molecule has 0 spiro atoms. The van der Waals surface area contributed by atoms with Gasteiger partial charge >= 0.3 is 17.6 Å². The zero-order chi connectivity index (χ0) is 23.2. The number of benzene rings is 2. The van der Waals surface area contributed by atoms with Crippen molar-refractivity contribution in [1.82, 2.24) is 9.55 Å². The molecule has 0 N–H and O–H groups in total. The Balaban J connectivity index is 1.51. The van der Waals surface area contributed by atoms with Gasteiger partial charge in [0.15, 0.2) is 0 Å². The Morgan fingerprint density at radius 3 is 2.24 bits per heavy atom. The van der Waals surface area contributed by atoms with E-state index >= 15 is 0 Å². The van der Waals surface area contributed by atoms with Crippen LogP contribution in [0.4, 0.5) is 0 Å². The van der Waals surface area contributed by atoms with Crippen LogP contribution in [0.5, 0.6) is 5.88 Å². The summed E-state index contributed by atoms with van der Waals surface area (Å²) in [6, 6.07) is 18.6. The van der Waals surface area contributed by atoms with Crippen LogP contribution in [0.25, 0.3) is 0 Å². The van der Waals surface area contributed by atoms with Crippen molar-refractivity contribution in [3.63, 3.8) is 0 Å². The van der Waals surface area contributed by atoms with Crippen molar-refractivity contribution in [2.75, 3.05) is 13.7 Å². The van der Waals surface area contributed by atoms with Crippen LogP contribution in [0, 0.1) is 0 Å². The van der Waals surface area contributed by atoms with Crippen molar-refractivity contribution in [3.05, 3.63) is 94.5 Å². The average molecular weight is 450 g/mol. The van der Waals surface area contributed by atoms with Gasteiger partial charge in [-0.2, -0.15) is 4.98 Å². The highest BCUT2D eigenvalue weighted by atomic mass is 16.6. The smallest absolute Gasteiger partial charge is 0.352 e. The van der Waals surface area contributed by atoms with Gasteiger partial charge < -0.3 is 18.9 Å². The fourth-order valence-corrected chi connectivity index (χ4v) is 3.47. The standard InChI is InChI=1S/C24H22N2O7/c1-30-20-12-13-26(24(29)25-20)21-14-18(33-23(28)17-10-6-3-7-11-17)19(32-21)15-31-22(27)16-8-4-2-5-9-16/h2-13,18-19,21H,14-15H2,1H3/t18-,19+,21+/m0/s1. The van der Waals surface area contributed by atoms with Crippen molar-refractivity contribution in [2.45, 2.75) is 24.9 Å². The van der Waals surface area contributed by atoms with E-state index in [0.29, 0.717) is 11.1 Å². The second kappa shape index (κ2) is 10.1. The van der Waals surface area contributed by atoms with E-state index in [2.05, 4.69) is 4.98 Å². The molecule has 3 atom stereocenters. The van der Waals surface area contributed by atoms with Crippen molar-refractivity contribution < 1.29 is 28.5 Å². The molecule has 0 aliphatic carbocycles. The summed E-state index contributed by atoms with van der Waals surface area (Å²) in [4.78, 5) is 41.2. The topological polar surface area (TPSA) is 106 Å². The average Bonchev–Trinajstić information content (AvgIpc) is 3.25. The van der Waals surface area contributed by atoms with E-state index in [1.807, 2.05) is 0 Å². The lowest BCUT2D eigenvalue weighted by atomic mass is 10.1. The van der Waals surface area contributed by atoms with Gasteiger partial charge in [-0.25, -0.2) is 14.4 Å². The van der Waals surface area contributed by atoms with Gasteiger partial charge in [-0.15, -0.1) is 0 Å². The van der Waals surface area contributed by atoms with Crippen LogP contribution in [0.2, 0.25) is 0 Å². The number of carbonyl (C=O) groups is 2. The first kappa shape index (κ1) is 22.2. The zero-order valence-corrected chi connectivity index (χ0v) is 17.8. The molecular formula is C24H22N2O7. The molecule has 0 unspecified atom stereocenters. The Hall–Kier alpha value is -3.98. The van der Waals surface area contributed by atoms with Crippen LogP contribution in [0.3, 0.4) is 0 Å². The maximum absolute atomic E-state index is 12.6. The summed E-state index contributed by atoms with van der Waals surface area (Å²) in [6.45, 7) is -0.157. The molecule has 1 saturated heterocycles. The lowest BCUT2D eigenvalue weighted by Gasteiger charge is -2.19. The molecule has 170 valence electrons. The van der Waals surface area contributed by atoms with Crippen molar-refractivity contribution in [2.24, 2.45) is 0 Å². The van der Waals surface area contributed by atoms with E-state index in [0.717, 1.165) is 0 Å². The summed E-state index contributed by atoms with van der Waals surface area (Å²) in [5, 5.41) is 0. The van der Waals surface area contributed by atoms with Crippen LogP contribution in [-0.2, 0) is 14.2 Å². The highest BCUT2D eigenvalue weighted by Gasteiger charge is 2.40. The second-order valence-corrected chi connectivity index (χ2v) is 7.30. The number of esters is 2. The Bertz CT molecular complexity index is 1160. The third-order valence-electron chi connectivity index (χ3n) is 5.16. The predicted octanol–water partition coefficient (Wildman–Crippen LogP) is 2.62. The molecule has 0 amide bonds. The molecule has 1 fully saturated rings. The van der Waals surface area contributed by atoms with E-state index in [1.54, 1.807) is 60.7 Å². The molecule has 1 aliphatic heterocycles. The van der Waals surface area contributed by atoms with E-state index in [1.165, 1.54) is 23.9 Å². The SMILES string of the molecule is COc1ccn([C@H]2C[C@H](OC(=O)c3ccccc3)[C@@H](COC(=O)c3ccccc3)O2)c(=O)n1. The van der Waals surface area contributed by atoms with Crippen LogP contribution in [-0.4, -0.2) is 47.4 Å². The van der Waals surface area contributed by atoms with Gasteiger partial charge in [0.25, 0.3) is 0 Å². The predicted molar refractivity (Wildman–Crippen MR) is 116 cm³/mol. The number of hydrogen-bond donors (Lipinski definition) is 0. The fourth-order valence-electron chi connectivity index (χ4n) is 3.47. The first-order valence-corrected chi connectivity index (χ1v) is 10.3. The minimum atomic E-state index is -0.774. The summed E-state index contributed by atoms with van der Waals surface area (Å²) in [7, 11) is 1.41. The van der Waals surface area contributed by atoms with Gasteiger partial charge in [0.1, 0.15) is 25.0 Å². The molecule has 3 aromatic rings. The first-order chi connectivity index (χ1) is 16.0. The lowest BCUT2D eigenvalue weighted by Crippen LogP contribution is -2.32. The molecule has 1 aromatic heterocycles. The number of ether oxygens (including phenoxy) is 4. The molecule has 0 bridgehead atoms. The fraction of sp³-hybridized carbons (Fsp3) is 0.250. The van der Waals surface area contributed by atoms with Gasteiger partial charge in [0.05, 0.1) is 18.2 Å². The third kappa shape index (κ3) is 5.27. The Morgan fingerprint density at radius 1 is 1.00 bits per heavy atom. The van der Waals surface area contributed by atoms with Crippen LogP contribution < -0.4 is 10.4 Å². The Kier molecular flexibility index (Phi) is 6.80. The molecule has 0 saturated carbocycles. The van der Waals surface area contributed by atoms with Crippen molar-refractivity contribution in [1.29, 1.82) is 0 Å².